The van der Waals surface area contributed by atoms with E-state index in [0.29, 0.717) is 5.69 Å². The van der Waals surface area contributed by atoms with Crippen LogP contribution in [0.15, 0.2) is 6.20 Å². The monoisotopic (exact) mass is 199 g/mol. The molecule has 1 aromatic heterocycles. The molecule has 1 rings (SSSR count). The van der Waals surface area contributed by atoms with Gasteiger partial charge in [0.2, 0.25) is 0 Å². The molecule has 0 atom stereocenters. The van der Waals surface area contributed by atoms with E-state index < -0.39 is 5.97 Å². The average Bonchev–Trinajstić information content (AvgIpc) is 2.45. The van der Waals surface area contributed by atoms with Gasteiger partial charge in [0.25, 0.3) is 0 Å². The van der Waals surface area contributed by atoms with Crippen LogP contribution in [0.1, 0.15) is 16.1 Å². The number of rotatable bonds is 2. The minimum absolute atomic E-state index is 0.125. The first-order valence-electron chi connectivity index (χ1n) is 3.48. The van der Waals surface area contributed by atoms with E-state index in [4.69, 9.17) is 18.0 Å². The first-order valence-corrected chi connectivity index (χ1v) is 3.89. The molecule has 0 saturated carbocycles. The normalized spacial score (nSPS) is 9.69. The largest absolute Gasteiger partial charge is 0.465 e. The summed E-state index contributed by atoms with van der Waals surface area (Å²) < 4.78 is 5.97. The molecule has 5 nitrogen and oxygen atoms in total. The lowest BCUT2D eigenvalue weighted by molar-refractivity contribution is 0.0600. The van der Waals surface area contributed by atoms with Crippen molar-refractivity contribution in [3.8, 4) is 0 Å². The molecule has 70 valence electrons. The van der Waals surface area contributed by atoms with Crippen LogP contribution in [0.5, 0.6) is 0 Å². The van der Waals surface area contributed by atoms with Gasteiger partial charge in [0.15, 0.2) is 0 Å². The second kappa shape index (κ2) is 3.53. The summed E-state index contributed by atoms with van der Waals surface area (Å²) in [7, 11) is 2.94. The van der Waals surface area contributed by atoms with E-state index >= 15 is 0 Å². The summed E-state index contributed by atoms with van der Waals surface area (Å²) in [5.74, 6) is -0.490. The van der Waals surface area contributed by atoms with Gasteiger partial charge in [-0.15, -0.1) is 0 Å². The van der Waals surface area contributed by atoms with Crippen molar-refractivity contribution in [2.75, 3.05) is 7.11 Å². The van der Waals surface area contributed by atoms with Gasteiger partial charge >= 0.3 is 5.97 Å². The van der Waals surface area contributed by atoms with Gasteiger partial charge < -0.3 is 10.5 Å². The van der Waals surface area contributed by atoms with E-state index in [-0.39, 0.29) is 10.6 Å². The molecule has 0 bridgehead atoms. The van der Waals surface area contributed by atoms with Gasteiger partial charge in [-0.1, -0.05) is 12.2 Å². The Bertz CT molecular complexity index is 359. The molecule has 6 heteroatoms. The van der Waals surface area contributed by atoms with Crippen LogP contribution in [0.4, 0.5) is 0 Å². The summed E-state index contributed by atoms with van der Waals surface area (Å²) in [5, 5.41) is 3.86. The minimum Gasteiger partial charge on any atom is -0.465 e. The number of nitrogens with zero attached hydrogens (tertiary/aromatic N) is 2. The lowest BCUT2D eigenvalue weighted by Crippen LogP contribution is -2.18. The minimum atomic E-state index is -0.490. The number of carbonyl (C=O) groups excluding carboxylic acids is 1. The summed E-state index contributed by atoms with van der Waals surface area (Å²) in [6.45, 7) is 0. The number of nitrogens with two attached hydrogens (primary N) is 1. The zero-order valence-corrected chi connectivity index (χ0v) is 8.09. The van der Waals surface area contributed by atoms with Crippen molar-refractivity contribution in [3.63, 3.8) is 0 Å². The Hall–Kier alpha value is -1.43. The quantitative estimate of drug-likeness (QED) is 0.529. The van der Waals surface area contributed by atoms with Crippen molar-refractivity contribution in [2.24, 2.45) is 12.8 Å². The Morgan fingerprint density at radius 2 is 2.38 bits per heavy atom. The van der Waals surface area contributed by atoms with Crippen molar-refractivity contribution in [3.05, 3.63) is 17.5 Å². The molecule has 0 amide bonds. The zero-order valence-electron chi connectivity index (χ0n) is 7.27. The molecule has 0 aliphatic heterocycles. The number of aromatic nitrogens is 2. The van der Waals surface area contributed by atoms with Crippen LogP contribution in [0.3, 0.4) is 0 Å². The van der Waals surface area contributed by atoms with Crippen LogP contribution in [0.25, 0.3) is 0 Å². The third-order valence-electron chi connectivity index (χ3n) is 1.58. The molecule has 0 fully saturated rings. The molecule has 1 heterocycles. The summed E-state index contributed by atoms with van der Waals surface area (Å²) >= 11 is 4.77. The second-order valence-electron chi connectivity index (χ2n) is 2.39. The van der Waals surface area contributed by atoms with E-state index in [0.717, 1.165) is 0 Å². The topological polar surface area (TPSA) is 70.1 Å². The van der Waals surface area contributed by atoms with E-state index in [1.54, 1.807) is 7.05 Å². The van der Waals surface area contributed by atoms with Gasteiger partial charge in [-0.05, 0) is 0 Å². The first-order chi connectivity index (χ1) is 6.07. The Balaban J connectivity index is 3.22. The predicted molar refractivity (Wildman–Crippen MR) is 50.4 cm³/mol. The van der Waals surface area contributed by atoms with Crippen LogP contribution in [0.2, 0.25) is 0 Å². The molecule has 0 aromatic carbocycles. The lowest BCUT2D eigenvalue weighted by Gasteiger charge is -2.01. The van der Waals surface area contributed by atoms with Crippen LogP contribution in [-0.2, 0) is 11.8 Å². The van der Waals surface area contributed by atoms with Gasteiger partial charge in [-0.2, -0.15) is 5.10 Å². The fourth-order valence-electron chi connectivity index (χ4n) is 0.989. The molecular formula is C7H9N3O2S. The maximum absolute atomic E-state index is 11.2. The molecule has 0 unspecified atom stereocenters. The van der Waals surface area contributed by atoms with Crippen molar-refractivity contribution in [1.29, 1.82) is 0 Å². The fourth-order valence-corrected chi connectivity index (χ4v) is 1.23. The van der Waals surface area contributed by atoms with Crippen LogP contribution >= 0.6 is 12.2 Å². The number of aryl methyl sites for hydroxylation is 1. The number of methoxy groups -OCH3 is 1. The van der Waals surface area contributed by atoms with Crippen molar-refractivity contribution in [2.45, 2.75) is 0 Å². The molecule has 0 aliphatic carbocycles. The molecule has 0 spiro atoms. The second-order valence-corrected chi connectivity index (χ2v) is 2.83. The number of carbonyl (C=O) groups is 1. The Morgan fingerprint density at radius 1 is 1.77 bits per heavy atom. The lowest BCUT2D eigenvalue weighted by atomic mass is 10.2. The van der Waals surface area contributed by atoms with Gasteiger partial charge in [-0.3, -0.25) is 4.68 Å². The van der Waals surface area contributed by atoms with Crippen LogP contribution < -0.4 is 5.73 Å². The number of esters is 1. The van der Waals surface area contributed by atoms with Crippen molar-refractivity contribution in [1.82, 2.24) is 9.78 Å². The molecule has 13 heavy (non-hydrogen) atoms. The maximum Gasteiger partial charge on any atom is 0.341 e. The Morgan fingerprint density at radius 3 is 2.85 bits per heavy atom. The summed E-state index contributed by atoms with van der Waals surface area (Å²) in [6, 6.07) is 0. The number of ether oxygens (including phenoxy) is 1. The van der Waals surface area contributed by atoms with E-state index in [1.807, 2.05) is 0 Å². The smallest absolute Gasteiger partial charge is 0.341 e. The van der Waals surface area contributed by atoms with Crippen LogP contribution in [-0.4, -0.2) is 27.8 Å². The fraction of sp³-hybridized carbons (Fsp3) is 0.286. The number of hydrogen-bond donors (Lipinski definition) is 1. The van der Waals surface area contributed by atoms with E-state index in [2.05, 4.69) is 9.84 Å². The van der Waals surface area contributed by atoms with Crippen LogP contribution in [0, 0.1) is 0 Å². The molecule has 0 saturated heterocycles. The first kappa shape index (κ1) is 9.66. The molecule has 0 radical (unpaired) electrons. The highest BCUT2D eigenvalue weighted by atomic mass is 32.1. The molecular weight excluding hydrogens is 190 g/mol. The average molecular weight is 199 g/mol. The van der Waals surface area contributed by atoms with Gasteiger partial charge in [0.05, 0.1) is 13.3 Å². The number of hydrogen-bond acceptors (Lipinski definition) is 4. The van der Waals surface area contributed by atoms with Crippen molar-refractivity contribution >= 4 is 23.2 Å². The predicted octanol–water partition coefficient (Wildman–Crippen LogP) is -0.159. The summed E-state index contributed by atoms with van der Waals surface area (Å²) in [4.78, 5) is 11.3. The SMILES string of the molecule is COC(=O)c1cnn(C)c1C(N)=S. The van der Waals surface area contributed by atoms with E-state index in [9.17, 15) is 4.79 Å². The summed E-state index contributed by atoms with van der Waals surface area (Å²) in [5.41, 5.74) is 6.12. The highest BCUT2D eigenvalue weighted by Crippen LogP contribution is 2.08. The van der Waals surface area contributed by atoms with E-state index in [1.165, 1.54) is 18.0 Å². The maximum atomic E-state index is 11.2. The van der Waals surface area contributed by atoms with Crippen molar-refractivity contribution < 1.29 is 9.53 Å². The molecule has 2 N–H and O–H groups in total. The van der Waals surface area contributed by atoms with Gasteiger partial charge in [-0.25, -0.2) is 4.79 Å². The standard InChI is InChI=1S/C7H9N3O2S/c1-10-5(6(8)13)4(3-9-10)7(11)12-2/h3H,1-2H3,(H2,8,13). The van der Waals surface area contributed by atoms with Gasteiger partial charge in [0.1, 0.15) is 16.2 Å². The highest BCUT2D eigenvalue weighted by molar-refractivity contribution is 7.80. The van der Waals surface area contributed by atoms with Gasteiger partial charge in [0, 0.05) is 7.05 Å². The third-order valence-corrected chi connectivity index (χ3v) is 1.77. The zero-order chi connectivity index (χ0) is 10.0. The third kappa shape index (κ3) is 1.67. The summed E-state index contributed by atoms with van der Waals surface area (Å²) in [6.07, 6.45) is 1.38. The molecule has 1 aromatic rings. The molecule has 0 aliphatic rings. The number of thiocarbonyl (C=S) groups is 1. The Kier molecular flexibility index (Phi) is 2.62. The Labute approximate surface area is 80.5 Å². The highest BCUT2D eigenvalue weighted by Gasteiger charge is 2.17.